The third-order valence-corrected chi connectivity index (χ3v) is 3.03. The zero-order valence-corrected chi connectivity index (χ0v) is 9.47. The zero-order valence-electron chi connectivity index (χ0n) is 9.47. The molecule has 5 heteroatoms. The van der Waals surface area contributed by atoms with E-state index in [9.17, 15) is 4.79 Å². The molecule has 1 unspecified atom stereocenters. The fourth-order valence-electron chi connectivity index (χ4n) is 2.23. The highest BCUT2D eigenvalue weighted by molar-refractivity contribution is 5.84. The summed E-state index contributed by atoms with van der Waals surface area (Å²) < 4.78 is 0. The third kappa shape index (κ3) is 2.21. The fraction of sp³-hybridized carbons (Fsp3) is 0.417. The second-order valence-electron chi connectivity index (χ2n) is 4.09. The smallest absolute Gasteiger partial charge is 0.240 e. The van der Waals surface area contributed by atoms with Gasteiger partial charge in [0.05, 0.1) is 5.69 Å². The molecule has 1 saturated heterocycles. The molecule has 0 aliphatic carbocycles. The normalized spacial score (nSPS) is 19.7. The Labute approximate surface area is 99.9 Å². The van der Waals surface area contributed by atoms with Crippen LogP contribution in [0.4, 0.5) is 5.69 Å². The van der Waals surface area contributed by atoms with Crippen LogP contribution in [0.15, 0.2) is 18.3 Å². The molecule has 1 atom stereocenters. The SMILES string of the molecule is N#Cc1ncccc1N1CCCCC1C(N)=O. The molecule has 1 amide bonds. The van der Waals surface area contributed by atoms with Crippen LogP contribution in [0, 0.1) is 11.3 Å². The molecule has 0 radical (unpaired) electrons. The van der Waals surface area contributed by atoms with Gasteiger partial charge in [0.25, 0.3) is 0 Å². The van der Waals surface area contributed by atoms with Crippen LogP contribution in [0.5, 0.6) is 0 Å². The minimum atomic E-state index is -0.336. The first-order chi connectivity index (χ1) is 8.24. The molecule has 1 aromatic rings. The Hall–Kier alpha value is -2.09. The molecule has 0 aromatic carbocycles. The van der Waals surface area contributed by atoms with E-state index in [2.05, 4.69) is 4.98 Å². The Morgan fingerprint density at radius 2 is 2.41 bits per heavy atom. The van der Waals surface area contributed by atoms with Crippen molar-refractivity contribution in [2.75, 3.05) is 11.4 Å². The van der Waals surface area contributed by atoms with Crippen LogP contribution < -0.4 is 10.6 Å². The van der Waals surface area contributed by atoms with Gasteiger partial charge in [0, 0.05) is 12.7 Å². The first-order valence-electron chi connectivity index (χ1n) is 5.65. The minimum absolute atomic E-state index is 0.319. The number of hydrogen-bond acceptors (Lipinski definition) is 4. The number of amides is 1. The summed E-state index contributed by atoms with van der Waals surface area (Å²) in [5.41, 5.74) is 6.46. The number of anilines is 1. The van der Waals surface area contributed by atoms with Crippen molar-refractivity contribution in [2.45, 2.75) is 25.3 Å². The van der Waals surface area contributed by atoms with Gasteiger partial charge in [-0.25, -0.2) is 4.98 Å². The summed E-state index contributed by atoms with van der Waals surface area (Å²) in [6, 6.07) is 5.31. The number of piperidine rings is 1. The van der Waals surface area contributed by atoms with Gasteiger partial charge in [-0.15, -0.1) is 0 Å². The first kappa shape index (κ1) is 11.4. The zero-order chi connectivity index (χ0) is 12.3. The summed E-state index contributed by atoms with van der Waals surface area (Å²) in [5, 5.41) is 9.02. The number of aromatic nitrogens is 1. The van der Waals surface area contributed by atoms with Gasteiger partial charge in [-0.1, -0.05) is 0 Å². The predicted octanol–water partition coefficient (Wildman–Crippen LogP) is 0.797. The molecule has 1 aliphatic heterocycles. The van der Waals surface area contributed by atoms with Gasteiger partial charge in [0.15, 0.2) is 5.69 Å². The number of carbonyl (C=O) groups excluding carboxylic acids is 1. The molecule has 1 fully saturated rings. The Morgan fingerprint density at radius 1 is 1.59 bits per heavy atom. The second-order valence-corrected chi connectivity index (χ2v) is 4.09. The third-order valence-electron chi connectivity index (χ3n) is 3.03. The van der Waals surface area contributed by atoms with Crippen molar-refractivity contribution in [1.29, 1.82) is 5.26 Å². The van der Waals surface area contributed by atoms with Crippen molar-refractivity contribution < 1.29 is 4.79 Å². The van der Waals surface area contributed by atoms with Crippen LogP contribution in [0.2, 0.25) is 0 Å². The number of nitrogens with zero attached hydrogens (tertiary/aromatic N) is 3. The standard InChI is InChI=1S/C12H14N4O/c13-8-9-10(5-3-6-15-9)16-7-2-1-4-11(16)12(14)17/h3,5-6,11H,1-2,4,7H2,(H2,14,17). The summed E-state index contributed by atoms with van der Waals surface area (Å²) in [6.07, 6.45) is 4.32. The topological polar surface area (TPSA) is 83.0 Å². The summed E-state index contributed by atoms with van der Waals surface area (Å²) in [5.74, 6) is -0.336. The highest BCUT2D eigenvalue weighted by atomic mass is 16.1. The molecule has 2 rings (SSSR count). The van der Waals surface area contributed by atoms with E-state index in [0.717, 1.165) is 25.8 Å². The van der Waals surface area contributed by atoms with Crippen LogP contribution >= 0.6 is 0 Å². The largest absolute Gasteiger partial charge is 0.368 e. The number of rotatable bonds is 2. The van der Waals surface area contributed by atoms with Gasteiger partial charge in [-0.2, -0.15) is 5.26 Å². The quantitative estimate of drug-likeness (QED) is 0.814. The van der Waals surface area contributed by atoms with Crippen molar-refractivity contribution in [3.63, 3.8) is 0 Å². The van der Waals surface area contributed by atoms with Crippen molar-refractivity contribution in [1.82, 2.24) is 4.98 Å². The molecule has 1 aromatic heterocycles. The van der Waals surface area contributed by atoms with E-state index in [0.29, 0.717) is 11.4 Å². The highest BCUT2D eigenvalue weighted by Gasteiger charge is 2.28. The average molecular weight is 230 g/mol. The number of primary amides is 1. The average Bonchev–Trinajstić information content (AvgIpc) is 2.38. The lowest BCUT2D eigenvalue weighted by molar-refractivity contribution is -0.119. The minimum Gasteiger partial charge on any atom is -0.368 e. The maximum Gasteiger partial charge on any atom is 0.240 e. The lowest BCUT2D eigenvalue weighted by Gasteiger charge is -2.35. The number of nitriles is 1. The van der Waals surface area contributed by atoms with Gasteiger partial charge >= 0.3 is 0 Å². The van der Waals surface area contributed by atoms with Crippen LogP contribution in [-0.2, 0) is 4.79 Å². The van der Waals surface area contributed by atoms with Crippen molar-refractivity contribution in [2.24, 2.45) is 5.73 Å². The van der Waals surface area contributed by atoms with Crippen LogP contribution in [0.3, 0.4) is 0 Å². The summed E-state index contributed by atoms with van der Waals surface area (Å²) in [6.45, 7) is 0.744. The van der Waals surface area contributed by atoms with Crippen LogP contribution in [-0.4, -0.2) is 23.5 Å². The Balaban J connectivity index is 2.36. The van der Waals surface area contributed by atoms with E-state index < -0.39 is 0 Å². The van der Waals surface area contributed by atoms with E-state index in [1.54, 1.807) is 12.3 Å². The van der Waals surface area contributed by atoms with Crippen LogP contribution in [0.1, 0.15) is 25.0 Å². The van der Waals surface area contributed by atoms with Gasteiger partial charge < -0.3 is 10.6 Å². The van der Waals surface area contributed by atoms with Gasteiger partial charge in [-0.05, 0) is 31.4 Å². The van der Waals surface area contributed by atoms with Crippen molar-refractivity contribution in [3.8, 4) is 6.07 Å². The van der Waals surface area contributed by atoms with E-state index in [1.807, 2.05) is 17.0 Å². The number of pyridine rings is 1. The molecular formula is C12H14N4O. The van der Waals surface area contributed by atoms with Gasteiger partial charge in [0.2, 0.25) is 5.91 Å². The van der Waals surface area contributed by atoms with Gasteiger partial charge in [0.1, 0.15) is 12.1 Å². The summed E-state index contributed by atoms with van der Waals surface area (Å²) in [7, 11) is 0. The molecule has 0 spiro atoms. The molecule has 2 heterocycles. The molecule has 5 nitrogen and oxygen atoms in total. The molecule has 1 aliphatic rings. The maximum atomic E-state index is 11.4. The molecule has 2 N–H and O–H groups in total. The number of hydrogen-bond donors (Lipinski definition) is 1. The summed E-state index contributed by atoms with van der Waals surface area (Å²) in [4.78, 5) is 17.3. The molecule has 17 heavy (non-hydrogen) atoms. The van der Waals surface area contributed by atoms with Gasteiger partial charge in [-0.3, -0.25) is 4.79 Å². The second kappa shape index (κ2) is 4.83. The molecule has 0 bridgehead atoms. The first-order valence-corrected chi connectivity index (χ1v) is 5.65. The van der Waals surface area contributed by atoms with E-state index >= 15 is 0 Å². The molecule has 88 valence electrons. The molecular weight excluding hydrogens is 216 g/mol. The summed E-state index contributed by atoms with van der Waals surface area (Å²) >= 11 is 0. The van der Waals surface area contributed by atoms with Crippen LogP contribution in [0.25, 0.3) is 0 Å². The lowest BCUT2D eigenvalue weighted by atomic mass is 10.0. The monoisotopic (exact) mass is 230 g/mol. The number of carbonyl (C=O) groups is 1. The Bertz CT molecular complexity index is 466. The molecule has 0 saturated carbocycles. The van der Waals surface area contributed by atoms with E-state index in [4.69, 9.17) is 11.0 Å². The maximum absolute atomic E-state index is 11.4. The van der Waals surface area contributed by atoms with E-state index in [-0.39, 0.29) is 11.9 Å². The Kier molecular flexibility index (Phi) is 3.24. The predicted molar refractivity (Wildman–Crippen MR) is 63.1 cm³/mol. The highest BCUT2D eigenvalue weighted by Crippen LogP contribution is 2.26. The fourth-order valence-corrected chi connectivity index (χ4v) is 2.23. The van der Waals surface area contributed by atoms with Crippen molar-refractivity contribution >= 4 is 11.6 Å². The number of nitrogens with two attached hydrogens (primary N) is 1. The Morgan fingerprint density at radius 3 is 3.12 bits per heavy atom. The van der Waals surface area contributed by atoms with Crippen molar-refractivity contribution in [3.05, 3.63) is 24.0 Å². The lowest BCUT2D eigenvalue weighted by Crippen LogP contribution is -2.48. The van der Waals surface area contributed by atoms with E-state index in [1.165, 1.54) is 0 Å².